The average Bonchev–Trinajstić information content (AvgIpc) is 3.28. The first-order valence-corrected chi connectivity index (χ1v) is 10.4. The number of likely N-dealkylation sites (tertiary alicyclic amines) is 1. The van der Waals surface area contributed by atoms with E-state index in [4.69, 9.17) is 0 Å². The molecule has 3 heterocycles. The lowest BCUT2D eigenvalue weighted by molar-refractivity contribution is -0.133. The van der Waals surface area contributed by atoms with E-state index >= 15 is 0 Å². The molecule has 2 aliphatic rings. The summed E-state index contributed by atoms with van der Waals surface area (Å²) in [5.41, 5.74) is 1.31. The molecule has 2 aliphatic heterocycles. The van der Waals surface area contributed by atoms with Crippen LogP contribution in [-0.4, -0.2) is 75.8 Å². The maximum atomic E-state index is 12.6. The van der Waals surface area contributed by atoms with Crippen molar-refractivity contribution in [1.82, 2.24) is 24.6 Å². The zero-order valence-electron chi connectivity index (χ0n) is 16.5. The number of aryl methyl sites for hydroxylation is 1. The van der Waals surface area contributed by atoms with Gasteiger partial charge in [0.2, 0.25) is 5.91 Å². The van der Waals surface area contributed by atoms with Gasteiger partial charge in [-0.05, 0) is 31.4 Å². The van der Waals surface area contributed by atoms with Crippen LogP contribution in [0.2, 0.25) is 0 Å². The second-order valence-electron chi connectivity index (χ2n) is 7.76. The van der Waals surface area contributed by atoms with E-state index in [9.17, 15) is 4.79 Å². The van der Waals surface area contributed by atoms with Crippen LogP contribution in [0.1, 0.15) is 25.7 Å². The summed E-state index contributed by atoms with van der Waals surface area (Å²) >= 11 is 0. The summed E-state index contributed by atoms with van der Waals surface area (Å²) in [4.78, 5) is 23.7. The lowest BCUT2D eigenvalue weighted by Gasteiger charge is -2.44. The van der Waals surface area contributed by atoms with E-state index in [1.807, 2.05) is 0 Å². The van der Waals surface area contributed by atoms with Gasteiger partial charge in [-0.15, -0.1) is 0 Å². The van der Waals surface area contributed by atoms with Crippen LogP contribution in [0.15, 0.2) is 43.0 Å². The predicted molar refractivity (Wildman–Crippen MR) is 109 cm³/mol. The van der Waals surface area contributed by atoms with E-state index < -0.39 is 0 Å². The van der Waals surface area contributed by atoms with Gasteiger partial charge < -0.3 is 9.80 Å². The van der Waals surface area contributed by atoms with Crippen LogP contribution in [0.4, 0.5) is 5.69 Å². The molecule has 0 bridgehead atoms. The van der Waals surface area contributed by atoms with Gasteiger partial charge in [-0.3, -0.25) is 14.4 Å². The van der Waals surface area contributed by atoms with Gasteiger partial charge in [0.15, 0.2) is 0 Å². The quantitative estimate of drug-likeness (QED) is 0.763. The Labute approximate surface area is 166 Å². The summed E-state index contributed by atoms with van der Waals surface area (Å²) in [5.74, 6) is 0.285. The Kier molecular flexibility index (Phi) is 6.21. The predicted octanol–water partition coefficient (Wildman–Crippen LogP) is 1.87. The third-order valence-electron chi connectivity index (χ3n) is 5.95. The number of carbonyl (C=O) groups is 1. The summed E-state index contributed by atoms with van der Waals surface area (Å²) in [7, 11) is 0. The minimum atomic E-state index is 0.285. The van der Waals surface area contributed by atoms with Gasteiger partial charge in [0.25, 0.3) is 0 Å². The van der Waals surface area contributed by atoms with Crippen molar-refractivity contribution in [1.29, 1.82) is 0 Å². The number of hydrogen-bond acceptors (Lipinski definition) is 5. The number of rotatable bonds is 6. The van der Waals surface area contributed by atoms with Crippen LogP contribution in [0, 0.1) is 0 Å². The van der Waals surface area contributed by atoms with Crippen molar-refractivity contribution in [3.8, 4) is 0 Å². The summed E-state index contributed by atoms with van der Waals surface area (Å²) < 4.78 is 1.79. The fraction of sp³-hybridized carbons (Fsp3) is 0.571. The fourth-order valence-corrected chi connectivity index (χ4v) is 4.36. The van der Waals surface area contributed by atoms with Crippen LogP contribution in [0.25, 0.3) is 0 Å². The fourth-order valence-electron chi connectivity index (χ4n) is 4.36. The SMILES string of the molecule is O=C(CCCn1cncn1)N1CCCC(N2CCN(c3ccccc3)CC2)C1. The Bertz CT molecular complexity index is 727. The molecule has 4 rings (SSSR count). The summed E-state index contributed by atoms with van der Waals surface area (Å²) in [5, 5.41) is 4.10. The maximum Gasteiger partial charge on any atom is 0.222 e. The number of carbonyl (C=O) groups excluding carboxylic acids is 1. The molecule has 1 atom stereocenters. The van der Waals surface area contributed by atoms with Crippen LogP contribution in [-0.2, 0) is 11.3 Å². The lowest BCUT2D eigenvalue weighted by Crippen LogP contribution is -2.55. The van der Waals surface area contributed by atoms with Crippen LogP contribution >= 0.6 is 0 Å². The van der Waals surface area contributed by atoms with Crippen molar-refractivity contribution < 1.29 is 4.79 Å². The first-order chi connectivity index (χ1) is 13.8. The topological polar surface area (TPSA) is 57.5 Å². The number of anilines is 1. The number of para-hydroxylation sites is 1. The molecule has 28 heavy (non-hydrogen) atoms. The second kappa shape index (κ2) is 9.19. The molecule has 2 fully saturated rings. The summed E-state index contributed by atoms with van der Waals surface area (Å²) in [6.45, 7) is 6.82. The van der Waals surface area contributed by atoms with Gasteiger partial charge in [0.1, 0.15) is 12.7 Å². The maximum absolute atomic E-state index is 12.6. The second-order valence-corrected chi connectivity index (χ2v) is 7.76. The molecule has 2 saturated heterocycles. The highest BCUT2D eigenvalue weighted by Crippen LogP contribution is 2.21. The normalized spacial score (nSPS) is 21.1. The molecule has 7 heteroatoms. The minimum absolute atomic E-state index is 0.285. The highest BCUT2D eigenvalue weighted by molar-refractivity contribution is 5.76. The van der Waals surface area contributed by atoms with Crippen LogP contribution in [0.5, 0.6) is 0 Å². The molecular weight excluding hydrogens is 352 g/mol. The molecule has 1 aromatic heterocycles. The van der Waals surface area contributed by atoms with Crippen molar-refractivity contribution in [3.63, 3.8) is 0 Å². The van der Waals surface area contributed by atoms with E-state index in [2.05, 4.69) is 55.1 Å². The lowest BCUT2D eigenvalue weighted by atomic mass is 10.0. The number of nitrogens with zero attached hydrogens (tertiary/aromatic N) is 6. The van der Waals surface area contributed by atoms with Crippen molar-refractivity contribution >= 4 is 11.6 Å². The Balaban J connectivity index is 1.23. The van der Waals surface area contributed by atoms with Gasteiger partial charge in [0.05, 0.1) is 0 Å². The molecular formula is C21H30N6O. The molecule has 150 valence electrons. The molecule has 2 aromatic rings. The molecule has 1 unspecified atom stereocenters. The highest BCUT2D eigenvalue weighted by Gasteiger charge is 2.29. The third-order valence-corrected chi connectivity index (χ3v) is 5.95. The average molecular weight is 383 g/mol. The number of hydrogen-bond donors (Lipinski definition) is 0. The zero-order chi connectivity index (χ0) is 19.2. The number of aromatic nitrogens is 3. The number of amides is 1. The third kappa shape index (κ3) is 4.70. The van der Waals surface area contributed by atoms with E-state index in [0.29, 0.717) is 12.5 Å². The summed E-state index contributed by atoms with van der Waals surface area (Å²) in [6.07, 6.45) is 6.96. The van der Waals surface area contributed by atoms with E-state index in [-0.39, 0.29) is 5.91 Å². The van der Waals surface area contributed by atoms with Crippen molar-refractivity contribution in [2.75, 3.05) is 44.2 Å². The first kappa shape index (κ1) is 18.9. The molecule has 0 N–H and O–H groups in total. The largest absolute Gasteiger partial charge is 0.369 e. The Morgan fingerprint density at radius 1 is 1.07 bits per heavy atom. The first-order valence-electron chi connectivity index (χ1n) is 10.4. The van der Waals surface area contributed by atoms with Gasteiger partial charge in [-0.1, -0.05) is 18.2 Å². The number of piperazine rings is 1. The highest BCUT2D eigenvalue weighted by atomic mass is 16.2. The Morgan fingerprint density at radius 3 is 2.64 bits per heavy atom. The molecule has 1 amide bonds. The van der Waals surface area contributed by atoms with Gasteiger partial charge in [-0.2, -0.15) is 5.10 Å². The zero-order valence-corrected chi connectivity index (χ0v) is 16.5. The van der Waals surface area contributed by atoms with Gasteiger partial charge >= 0.3 is 0 Å². The van der Waals surface area contributed by atoms with E-state index in [1.54, 1.807) is 11.0 Å². The van der Waals surface area contributed by atoms with Crippen molar-refractivity contribution in [2.45, 2.75) is 38.3 Å². The van der Waals surface area contributed by atoms with Gasteiger partial charge in [-0.25, -0.2) is 4.98 Å². The molecule has 7 nitrogen and oxygen atoms in total. The Hall–Kier alpha value is -2.41. The summed E-state index contributed by atoms with van der Waals surface area (Å²) in [6, 6.07) is 11.2. The molecule has 0 radical (unpaired) electrons. The number of piperidine rings is 1. The van der Waals surface area contributed by atoms with Gasteiger partial charge in [0, 0.05) is 64.0 Å². The molecule has 0 saturated carbocycles. The van der Waals surface area contributed by atoms with E-state index in [1.165, 1.54) is 18.4 Å². The van der Waals surface area contributed by atoms with Crippen molar-refractivity contribution in [2.24, 2.45) is 0 Å². The minimum Gasteiger partial charge on any atom is -0.369 e. The number of benzene rings is 1. The monoisotopic (exact) mass is 382 g/mol. The van der Waals surface area contributed by atoms with Crippen LogP contribution < -0.4 is 4.90 Å². The van der Waals surface area contributed by atoms with Crippen LogP contribution in [0.3, 0.4) is 0 Å². The standard InChI is InChI=1S/C21H30N6O/c28-21(9-5-11-27-18-22-17-23-27)26-10-4-8-20(16-26)25-14-12-24(13-15-25)19-6-2-1-3-7-19/h1-3,6-7,17-18,20H,4-5,8-16H2. The molecule has 0 spiro atoms. The smallest absolute Gasteiger partial charge is 0.222 e. The molecule has 0 aliphatic carbocycles. The van der Waals surface area contributed by atoms with Crippen molar-refractivity contribution in [3.05, 3.63) is 43.0 Å². The molecule has 1 aromatic carbocycles. The van der Waals surface area contributed by atoms with E-state index in [0.717, 1.165) is 58.7 Å². The Morgan fingerprint density at radius 2 is 1.89 bits per heavy atom.